The fraction of sp³-hybridized carbons (Fsp3) is 0.0909. The maximum atomic E-state index is 12.5. The molecule has 6 heteroatoms. The molecule has 0 radical (unpaired) electrons. The fourth-order valence-electron chi connectivity index (χ4n) is 2.52. The number of rotatable bonds is 7. The predicted octanol–water partition coefficient (Wildman–Crippen LogP) is 3.34. The Hall–Kier alpha value is -3.80. The van der Waals surface area contributed by atoms with E-state index in [2.05, 4.69) is 10.6 Å². The first-order valence-electron chi connectivity index (χ1n) is 8.81. The van der Waals surface area contributed by atoms with Crippen LogP contribution < -0.4 is 15.4 Å². The normalized spacial score (nSPS) is 10.1. The predicted molar refractivity (Wildman–Crippen MR) is 106 cm³/mol. The monoisotopic (exact) mass is 376 g/mol. The van der Waals surface area contributed by atoms with Gasteiger partial charge in [-0.05, 0) is 48.5 Å². The highest BCUT2D eigenvalue weighted by atomic mass is 16.5. The Morgan fingerprint density at radius 1 is 0.750 bits per heavy atom. The lowest BCUT2D eigenvalue weighted by atomic mass is 10.2. The maximum absolute atomic E-state index is 12.5. The standard InChI is InChI=1S/C22H20N2O4/c25-17-12-10-16(11-13-17)21(26)23-14-15-24-22(27)19-8-4-5-9-20(19)28-18-6-2-1-3-7-18/h1-13,25H,14-15H2,(H,23,26)(H,24,27). The molecule has 0 atom stereocenters. The van der Waals surface area contributed by atoms with Crippen LogP contribution in [-0.4, -0.2) is 30.0 Å². The molecule has 3 aromatic rings. The lowest BCUT2D eigenvalue weighted by Crippen LogP contribution is -2.34. The zero-order valence-electron chi connectivity index (χ0n) is 15.1. The van der Waals surface area contributed by atoms with Crippen LogP contribution in [0.25, 0.3) is 0 Å². The van der Waals surface area contributed by atoms with E-state index in [0.29, 0.717) is 22.6 Å². The van der Waals surface area contributed by atoms with Gasteiger partial charge in [0.25, 0.3) is 11.8 Å². The van der Waals surface area contributed by atoms with Crippen molar-refractivity contribution in [3.05, 3.63) is 90.0 Å². The molecule has 3 rings (SSSR count). The number of ether oxygens (including phenoxy) is 1. The zero-order valence-corrected chi connectivity index (χ0v) is 15.1. The van der Waals surface area contributed by atoms with Gasteiger partial charge in [0, 0.05) is 18.7 Å². The van der Waals surface area contributed by atoms with E-state index in [4.69, 9.17) is 4.74 Å². The summed E-state index contributed by atoms with van der Waals surface area (Å²) in [7, 11) is 0. The molecule has 0 heterocycles. The summed E-state index contributed by atoms with van der Waals surface area (Å²) < 4.78 is 5.79. The van der Waals surface area contributed by atoms with E-state index in [0.717, 1.165) is 0 Å². The first-order chi connectivity index (χ1) is 13.6. The Bertz CT molecular complexity index is 940. The van der Waals surface area contributed by atoms with E-state index >= 15 is 0 Å². The fourth-order valence-corrected chi connectivity index (χ4v) is 2.52. The summed E-state index contributed by atoms with van der Waals surface area (Å²) in [5.41, 5.74) is 0.849. The number of nitrogens with one attached hydrogen (secondary N) is 2. The van der Waals surface area contributed by atoms with Crippen LogP contribution in [-0.2, 0) is 0 Å². The molecule has 6 nitrogen and oxygen atoms in total. The summed E-state index contributed by atoms with van der Waals surface area (Å²) in [6.07, 6.45) is 0. The lowest BCUT2D eigenvalue weighted by molar-refractivity contribution is 0.0926. The molecular weight excluding hydrogens is 356 g/mol. The zero-order chi connectivity index (χ0) is 19.8. The molecule has 0 aliphatic carbocycles. The topological polar surface area (TPSA) is 87.7 Å². The van der Waals surface area contributed by atoms with Crippen LogP contribution in [0.2, 0.25) is 0 Å². The molecule has 0 aliphatic heterocycles. The third-order valence-electron chi connectivity index (χ3n) is 3.93. The minimum Gasteiger partial charge on any atom is -0.508 e. The number of hydrogen-bond acceptors (Lipinski definition) is 4. The summed E-state index contributed by atoms with van der Waals surface area (Å²) in [5.74, 6) is 0.635. The van der Waals surface area contributed by atoms with Crippen molar-refractivity contribution in [2.75, 3.05) is 13.1 Å². The second-order valence-electron chi connectivity index (χ2n) is 5.97. The molecule has 0 aliphatic rings. The van der Waals surface area contributed by atoms with Crippen molar-refractivity contribution >= 4 is 11.8 Å². The molecule has 0 spiro atoms. The van der Waals surface area contributed by atoms with Gasteiger partial charge in [-0.3, -0.25) is 9.59 Å². The molecule has 28 heavy (non-hydrogen) atoms. The maximum Gasteiger partial charge on any atom is 0.255 e. The number of aromatic hydroxyl groups is 1. The lowest BCUT2D eigenvalue weighted by Gasteiger charge is -2.12. The molecule has 142 valence electrons. The number of amides is 2. The van der Waals surface area contributed by atoms with Gasteiger partial charge >= 0.3 is 0 Å². The van der Waals surface area contributed by atoms with E-state index in [9.17, 15) is 14.7 Å². The van der Waals surface area contributed by atoms with Crippen molar-refractivity contribution in [2.45, 2.75) is 0 Å². The van der Waals surface area contributed by atoms with E-state index in [1.165, 1.54) is 24.3 Å². The molecule has 2 amide bonds. The number of carbonyl (C=O) groups excluding carboxylic acids is 2. The highest BCUT2D eigenvalue weighted by molar-refractivity contribution is 5.97. The first kappa shape index (κ1) is 19.0. The third kappa shape index (κ3) is 5.11. The summed E-state index contributed by atoms with van der Waals surface area (Å²) in [5, 5.41) is 14.7. The van der Waals surface area contributed by atoms with Gasteiger partial charge in [0.05, 0.1) is 5.56 Å². The third-order valence-corrected chi connectivity index (χ3v) is 3.93. The molecule has 0 saturated heterocycles. The van der Waals surface area contributed by atoms with Crippen molar-refractivity contribution in [1.82, 2.24) is 10.6 Å². The molecule has 3 aromatic carbocycles. The number of phenols is 1. The van der Waals surface area contributed by atoms with Crippen LogP contribution in [0.5, 0.6) is 17.2 Å². The largest absolute Gasteiger partial charge is 0.508 e. The van der Waals surface area contributed by atoms with Gasteiger partial charge < -0.3 is 20.5 Å². The smallest absolute Gasteiger partial charge is 0.255 e. The minimum atomic E-state index is -0.287. The van der Waals surface area contributed by atoms with E-state index in [1.807, 2.05) is 30.3 Å². The number of hydrogen-bond donors (Lipinski definition) is 3. The van der Waals surface area contributed by atoms with Crippen molar-refractivity contribution in [3.63, 3.8) is 0 Å². The van der Waals surface area contributed by atoms with Gasteiger partial charge in [0.2, 0.25) is 0 Å². The summed E-state index contributed by atoms with van der Waals surface area (Å²) in [6, 6.07) is 22.1. The van der Waals surface area contributed by atoms with Crippen LogP contribution in [0.15, 0.2) is 78.9 Å². The van der Waals surface area contributed by atoms with Gasteiger partial charge in [0.1, 0.15) is 17.2 Å². The second kappa shape index (κ2) is 9.23. The van der Waals surface area contributed by atoms with Crippen molar-refractivity contribution in [3.8, 4) is 17.2 Å². The molecular formula is C22H20N2O4. The van der Waals surface area contributed by atoms with Crippen LogP contribution in [0.3, 0.4) is 0 Å². The average molecular weight is 376 g/mol. The average Bonchev–Trinajstić information content (AvgIpc) is 2.72. The van der Waals surface area contributed by atoms with Crippen LogP contribution in [0.1, 0.15) is 20.7 Å². The summed E-state index contributed by atoms with van der Waals surface area (Å²) in [4.78, 5) is 24.5. The Labute approximate surface area is 162 Å². The molecule has 3 N–H and O–H groups in total. The quantitative estimate of drug-likeness (QED) is 0.552. The number of carbonyl (C=O) groups is 2. The molecule has 0 unspecified atom stereocenters. The molecule has 0 fully saturated rings. The second-order valence-corrected chi connectivity index (χ2v) is 5.97. The van der Waals surface area contributed by atoms with Crippen molar-refractivity contribution < 1.29 is 19.4 Å². The van der Waals surface area contributed by atoms with Gasteiger partial charge in [-0.15, -0.1) is 0 Å². The van der Waals surface area contributed by atoms with Gasteiger partial charge in [-0.2, -0.15) is 0 Å². The summed E-state index contributed by atoms with van der Waals surface area (Å²) >= 11 is 0. The highest BCUT2D eigenvalue weighted by Gasteiger charge is 2.12. The van der Waals surface area contributed by atoms with E-state index in [-0.39, 0.29) is 30.7 Å². The number of phenolic OH excluding ortho intramolecular Hbond substituents is 1. The molecule has 0 bridgehead atoms. The van der Waals surface area contributed by atoms with Crippen molar-refractivity contribution in [2.24, 2.45) is 0 Å². The van der Waals surface area contributed by atoms with Crippen molar-refractivity contribution in [1.29, 1.82) is 0 Å². The van der Waals surface area contributed by atoms with Gasteiger partial charge in [0.15, 0.2) is 0 Å². The highest BCUT2D eigenvalue weighted by Crippen LogP contribution is 2.24. The number of para-hydroxylation sites is 2. The van der Waals surface area contributed by atoms with E-state index < -0.39 is 0 Å². The Morgan fingerprint density at radius 3 is 2.07 bits per heavy atom. The van der Waals surface area contributed by atoms with Crippen LogP contribution >= 0.6 is 0 Å². The van der Waals surface area contributed by atoms with Gasteiger partial charge in [-0.1, -0.05) is 30.3 Å². The van der Waals surface area contributed by atoms with Crippen LogP contribution in [0, 0.1) is 0 Å². The molecule has 0 aromatic heterocycles. The van der Waals surface area contributed by atoms with Crippen LogP contribution in [0.4, 0.5) is 0 Å². The Balaban J connectivity index is 1.52. The summed E-state index contributed by atoms with van der Waals surface area (Å²) in [6.45, 7) is 0.537. The first-order valence-corrected chi connectivity index (χ1v) is 8.81. The SMILES string of the molecule is O=C(NCCNC(=O)c1ccccc1Oc1ccccc1)c1ccc(O)cc1. The number of benzene rings is 3. The van der Waals surface area contributed by atoms with Gasteiger partial charge in [-0.25, -0.2) is 0 Å². The van der Waals surface area contributed by atoms with E-state index in [1.54, 1.807) is 24.3 Å². The minimum absolute atomic E-state index is 0.0974. The molecule has 0 saturated carbocycles. The Morgan fingerprint density at radius 2 is 1.36 bits per heavy atom. The Kier molecular flexibility index (Phi) is 6.25.